The van der Waals surface area contributed by atoms with Gasteiger partial charge in [0.05, 0.1) is 10.9 Å². The van der Waals surface area contributed by atoms with Crippen molar-refractivity contribution in [1.82, 2.24) is 19.8 Å². The molecule has 1 aliphatic rings. The predicted octanol–water partition coefficient (Wildman–Crippen LogP) is 1.84. The number of benzene rings is 1. The molecule has 0 bridgehead atoms. The third-order valence-corrected chi connectivity index (χ3v) is 6.09. The molecule has 9 nitrogen and oxygen atoms in total. The van der Waals surface area contributed by atoms with Gasteiger partial charge in [0.15, 0.2) is 5.96 Å². The lowest BCUT2D eigenvalue weighted by atomic mass is 10.1. The summed E-state index contributed by atoms with van der Waals surface area (Å²) in [5.74, 6) is 0.615. The van der Waals surface area contributed by atoms with Gasteiger partial charge in [-0.25, -0.2) is 17.5 Å². The van der Waals surface area contributed by atoms with Gasteiger partial charge in [-0.2, -0.15) is 0 Å². The van der Waals surface area contributed by atoms with Crippen LogP contribution in [0.5, 0.6) is 0 Å². The maximum Gasteiger partial charge on any atom is 0.410 e. The molecule has 0 saturated carbocycles. The standard InChI is InChI=1S/C19H31N5O4S.HI/c1-19(2,3)28-18(25)24-12-15(13-24)22-17(20-4)21-11-14-7-9-16(10-8-14)29(26,27)23(5)6;/h7-10,15H,11-13H2,1-6H3,(H2,20,21,22);1H. The summed E-state index contributed by atoms with van der Waals surface area (Å²) in [7, 11) is 1.25. The first-order valence-electron chi connectivity index (χ1n) is 9.39. The van der Waals surface area contributed by atoms with E-state index in [9.17, 15) is 13.2 Å². The molecule has 0 radical (unpaired) electrons. The van der Waals surface area contributed by atoms with Crippen molar-refractivity contribution in [1.29, 1.82) is 0 Å². The Morgan fingerprint density at radius 2 is 1.80 bits per heavy atom. The molecule has 0 unspecified atom stereocenters. The van der Waals surface area contributed by atoms with Gasteiger partial charge in [0.25, 0.3) is 0 Å². The van der Waals surface area contributed by atoms with Crippen molar-refractivity contribution >= 4 is 46.1 Å². The maximum absolute atomic E-state index is 12.1. The first-order valence-corrected chi connectivity index (χ1v) is 10.8. The number of carbonyl (C=O) groups is 1. The Kier molecular flexibility index (Phi) is 9.36. The van der Waals surface area contributed by atoms with Gasteiger partial charge in [-0.1, -0.05) is 12.1 Å². The average molecular weight is 553 g/mol. The average Bonchev–Trinajstić information content (AvgIpc) is 2.58. The third kappa shape index (κ3) is 7.27. The molecule has 0 aromatic heterocycles. The second kappa shape index (κ2) is 10.6. The Morgan fingerprint density at radius 3 is 2.27 bits per heavy atom. The molecule has 1 aliphatic heterocycles. The Balaban J connectivity index is 0.00000450. The van der Waals surface area contributed by atoms with E-state index in [-0.39, 0.29) is 41.0 Å². The van der Waals surface area contributed by atoms with Crippen LogP contribution in [0.2, 0.25) is 0 Å². The van der Waals surface area contributed by atoms with E-state index in [1.807, 2.05) is 20.8 Å². The van der Waals surface area contributed by atoms with Crippen molar-refractivity contribution in [2.24, 2.45) is 4.99 Å². The molecule has 0 atom stereocenters. The second-order valence-corrected chi connectivity index (χ2v) is 10.2. The molecule has 2 rings (SSSR count). The summed E-state index contributed by atoms with van der Waals surface area (Å²) in [6, 6.07) is 6.82. The number of hydrogen-bond acceptors (Lipinski definition) is 5. The molecule has 1 amide bonds. The van der Waals surface area contributed by atoms with Crippen LogP contribution in [0.25, 0.3) is 0 Å². The molecular weight excluding hydrogens is 521 g/mol. The number of carbonyl (C=O) groups excluding carboxylic acids is 1. The molecule has 170 valence electrons. The van der Waals surface area contributed by atoms with Gasteiger partial charge >= 0.3 is 6.09 Å². The molecule has 1 saturated heterocycles. The largest absolute Gasteiger partial charge is 0.444 e. The Hall–Kier alpha value is -1.60. The Morgan fingerprint density at radius 1 is 1.23 bits per heavy atom. The van der Waals surface area contributed by atoms with Crippen LogP contribution in [0.4, 0.5) is 4.79 Å². The van der Waals surface area contributed by atoms with E-state index in [2.05, 4.69) is 15.6 Å². The van der Waals surface area contributed by atoms with Crippen molar-refractivity contribution in [2.45, 2.75) is 43.9 Å². The quantitative estimate of drug-likeness (QED) is 0.328. The zero-order valence-electron chi connectivity index (χ0n) is 18.3. The van der Waals surface area contributed by atoms with E-state index in [1.54, 1.807) is 36.2 Å². The number of rotatable bonds is 5. The number of hydrogen-bond donors (Lipinski definition) is 2. The first-order chi connectivity index (χ1) is 13.4. The van der Waals surface area contributed by atoms with E-state index >= 15 is 0 Å². The summed E-state index contributed by atoms with van der Waals surface area (Å²) in [6.45, 7) is 7.11. The van der Waals surface area contributed by atoms with E-state index in [1.165, 1.54) is 18.4 Å². The van der Waals surface area contributed by atoms with Crippen molar-refractivity contribution in [2.75, 3.05) is 34.2 Å². The van der Waals surface area contributed by atoms with Gasteiger partial charge in [0.2, 0.25) is 10.0 Å². The van der Waals surface area contributed by atoms with Crippen LogP contribution in [-0.2, 0) is 21.3 Å². The third-order valence-electron chi connectivity index (χ3n) is 4.26. The molecule has 1 fully saturated rings. The highest BCUT2D eigenvalue weighted by Crippen LogP contribution is 2.16. The van der Waals surface area contributed by atoms with Gasteiger partial charge in [0, 0.05) is 40.8 Å². The van der Waals surface area contributed by atoms with Crippen molar-refractivity contribution in [3.63, 3.8) is 0 Å². The minimum absolute atomic E-state index is 0. The minimum Gasteiger partial charge on any atom is -0.444 e. The number of aliphatic imine (C=N–C) groups is 1. The van der Waals surface area contributed by atoms with Crippen molar-refractivity contribution in [3.05, 3.63) is 29.8 Å². The van der Waals surface area contributed by atoms with Crippen LogP contribution >= 0.6 is 24.0 Å². The fourth-order valence-corrected chi connectivity index (χ4v) is 3.51. The molecule has 1 aromatic carbocycles. The lowest BCUT2D eigenvalue weighted by Crippen LogP contribution is -2.63. The minimum atomic E-state index is -3.43. The summed E-state index contributed by atoms with van der Waals surface area (Å²) in [6.07, 6.45) is -0.314. The van der Waals surface area contributed by atoms with Gasteiger partial charge < -0.3 is 20.3 Å². The lowest BCUT2D eigenvalue weighted by molar-refractivity contribution is 0.00701. The van der Waals surface area contributed by atoms with Crippen molar-refractivity contribution in [3.8, 4) is 0 Å². The van der Waals surface area contributed by atoms with Gasteiger partial charge in [-0.15, -0.1) is 24.0 Å². The summed E-state index contributed by atoms with van der Waals surface area (Å²) < 4.78 is 30.8. The molecule has 1 aromatic rings. The number of sulfonamides is 1. The summed E-state index contributed by atoms with van der Waals surface area (Å²) in [5, 5.41) is 6.45. The molecular formula is C19H32IN5O4S. The molecule has 11 heteroatoms. The highest BCUT2D eigenvalue weighted by molar-refractivity contribution is 14.0. The Labute approximate surface area is 196 Å². The number of amides is 1. The van der Waals surface area contributed by atoms with Crippen LogP contribution in [0.1, 0.15) is 26.3 Å². The molecule has 30 heavy (non-hydrogen) atoms. The zero-order chi connectivity index (χ0) is 21.8. The second-order valence-electron chi connectivity index (χ2n) is 8.08. The number of nitrogens with one attached hydrogen (secondary N) is 2. The topological polar surface area (TPSA) is 103 Å². The number of nitrogens with zero attached hydrogens (tertiary/aromatic N) is 3. The number of halogens is 1. The predicted molar refractivity (Wildman–Crippen MR) is 128 cm³/mol. The fraction of sp³-hybridized carbons (Fsp3) is 0.579. The highest BCUT2D eigenvalue weighted by atomic mass is 127. The highest BCUT2D eigenvalue weighted by Gasteiger charge is 2.34. The van der Waals surface area contributed by atoms with Crippen LogP contribution in [0.3, 0.4) is 0 Å². The SMILES string of the molecule is CN=C(NCc1ccc(S(=O)(=O)N(C)C)cc1)NC1CN(C(=O)OC(C)(C)C)C1.I. The first kappa shape index (κ1) is 26.4. The van der Waals surface area contributed by atoms with Gasteiger partial charge in [-0.05, 0) is 38.5 Å². The Bertz CT molecular complexity index is 845. The number of guanidine groups is 1. The monoisotopic (exact) mass is 553 g/mol. The smallest absolute Gasteiger partial charge is 0.410 e. The molecule has 0 spiro atoms. The molecule has 1 heterocycles. The van der Waals surface area contributed by atoms with E-state index in [4.69, 9.17) is 4.74 Å². The van der Waals surface area contributed by atoms with Crippen LogP contribution in [-0.4, -0.2) is 75.6 Å². The van der Waals surface area contributed by atoms with E-state index < -0.39 is 15.6 Å². The number of likely N-dealkylation sites (tertiary alicyclic amines) is 1. The summed E-state index contributed by atoms with van der Waals surface area (Å²) in [4.78, 5) is 18.1. The van der Waals surface area contributed by atoms with Gasteiger partial charge in [0.1, 0.15) is 5.60 Å². The van der Waals surface area contributed by atoms with Gasteiger partial charge in [-0.3, -0.25) is 4.99 Å². The lowest BCUT2D eigenvalue weighted by Gasteiger charge is -2.40. The maximum atomic E-state index is 12.1. The molecule has 0 aliphatic carbocycles. The number of ether oxygens (including phenoxy) is 1. The zero-order valence-corrected chi connectivity index (χ0v) is 21.4. The molecule has 2 N–H and O–H groups in total. The van der Waals surface area contributed by atoms with Crippen molar-refractivity contribution < 1.29 is 17.9 Å². The summed E-state index contributed by atoms with van der Waals surface area (Å²) in [5.41, 5.74) is 0.420. The van der Waals surface area contributed by atoms with Crippen LogP contribution in [0, 0.1) is 0 Å². The normalized spacial score (nSPS) is 15.3. The van der Waals surface area contributed by atoms with E-state index in [0.717, 1.165) is 5.56 Å². The van der Waals surface area contributed by atoms with Crippen LogP contribution < -0.4 is 10.6 Å². The fourth-order valence-electron chi connectivity index (χ4n) is 2.61. The summed E-state index contributed by atoms with van der Waals surface area (Å²) >= 11 is 0. The van der Waals surface area contributed by atoms with E-state index in [0.29, 0.717) is 25.6 Å². The van der Waals surface area contributed by atoms with Crippen LogP contribution in [0.15, 0.2) is 34.2 Å².